The van der Waals surface area contributed by atoms with Gasteiger partial charge >= 0.3 is 0 Å². The Kier molecular flexibility index (Phi) is 5.31. The Hall–Kier alpha value is -0.620. The minimum atomic E-state index is -3.29. The molecule has 3 atom stereocenters. The van der Waals surface area contributed by atoms with Crippen LogP contribution in [0.2, 0.25) is 0 Å². The van der Waals surface area contributed by atoms with Crippen molar-refractivity contribution >= 4 is 15.9 Å². The Morgan fingerprint density at radius 1 is 1.00 bits per heavy atom. The summed E-state index contributed by atoms with van der Waals surface area (Å²) in [6.45, 7) is 3.21. The van der Waals surface area contributed by atoms with Crippen LogP contribution in [-0.4, -0.2) is 54.5 Å². The number of carbonyl (C=O) groups excluding carboxylic acids is 1. The molecule has 3 aliphatic rings. The smallest absolute Gasteiger partial charge is 0.241 e. The van der Waals surface area contributed by atoms with Crippen LogP contribution in [0.25, 0.3) is 0 Å². The van der Waals surface area contributed by atoms with Gasteiger partial charge in [-0.2, -0.15) is 4.31 Å². The first kappa shape index (κ1) is 17.2. The maximum Gasteiger partial charge on any atom is 0.241 e. The van der Waals surface area contributed by atoms with Crippen molar-refractivity contribution < 1.29 is 13.2 Å². The molecule has 1 amide bonds. The van der Waals surface area contributed by atoms with E-state index in [9.17, 15) is 13.2 Å². The van der Waals surface area contributed by atoms with Gasteiger partial charge in [0.25, 0.3) is 0 Å². The summed E-state index contributed by atoms with van der Waals surface area (Å²) in [5.41, 5.74) is 0. The number of sulfonamides is 1. The van der Waals surface area contributed by atoms with Crippen molar-refractivity contribution in [3.63, 3.8) is 0 Å². The molecule has 2 aliphatic heterocycles. The zero-order chi connectivity index (χ0) is 16.4. The summed E-state index contributed by atoms with van der Waals surface area (Å²) >= 11 is 0. The minimum absolute atomic E-state index is 0.0822. The first-order valence-corrected chi connectivity index (χ1v) is 11.0. The van der Waals surface area contributed by atoms with Crippen LogP contribution in [0.5, 0.6) is 0 Å². The van der Waals surface area contributed by atoms with E-state index >= 15 is 0 Å². The van der Waals surface area contributed by atoms with Gasteiger partial charge in [-0.05, 0) is 50.9 Å². The molecule has 0 spiro atoms. The summed E-state index contributed by atoms with van der Waals surface area (Å²) in [7, 11) is -3.29. The van der Waals surface area contributed by atoms with Crippen LogP contribution in [0, 0.1) is 5.92 Å². The molecule has 23 heavy (non-hydrogen) atoms. The minimum Gasteiger partial charge on any atom is -0.338 e. The van der Waals surface area contributed by atoms with Crippen LogP contribution in [0.4, 0.5) is 0 Å². The highest BCUT2D eigenvalue weighted by Crippen LogP contribution is 2.36. The maximum atomic E-state index is 13.1. The number of amides is 1. The van der Waals surface area contributed by atoms with Crippen molar-refractivity contribution in [2.75, 3.05) is 18.8 Å². The van der Waals surface area contributed by atoms with Crippen LogP contribution in [0.15, 0.2) is 0 Å². The van der Waals surface area contributed by atoms with Crippen molar-refractivity contribution in [2.24, 2.45) is 5.92 Å². The Balaban J connectivity index is 1.76. The lowest BCUT2D eigenvalue weighted by atomic mass is 9.78. The number of hydrogen-bond acceptors (Lipinski definition) is 3. The molecule has 5 nitrogen and oxygen atoms in total. The van der Waals surface area contributed by atoms with E-state index in [1.54, 1.807) is 0 Å². The molecule has 0 radical (unpaired) electrons. The van der Waals surface area contributed by atoms with Crippen LogP contribution >= 0.6 is 0 Å². The van der Waals surface area contributed by atoms with Crippen LogP contribution < -0.4 is 0 Å². The number of rotatable bonds is 4. The van der Waals surface area contributed by atoms with Crippen LogP contribution in [0.3, 0.4) is 0 Å². The van der Waals surface area contributed by atoms with E-state index in [0.29, 0.717) is 31.3 Å². The van der Waals surface area contributed by atoms with Gasteiger partial charge in [-0.1, -0.05) is 19.8 Å². The highest BCUT2D eigenvalue weighted by molar-refractivity contribution is 7.89. The monoisotopic (exact) mass is 342 g/mol. The molecule has 2 heterocycles. The van der Waals surface area contributed by atoms with E-state index in [0.717, 1.165) is 25.8 Å². The third-order valence-corrected chi connectivity index (χ3v) is 7.91. The molecule has 132 valence electrons. The molecule has 3 fully saturated rings. The number of hydrogen-bond donors (Lipinski definition) is 0. The Bertz CT molecular complexity index is 532. The van der Waals surface area contributed by atoms with E-state index < -0.39 is 16.1 Å². The molecule has 0 aromatic heterocycles. The molecule has 0 N–H and O–H groups in total. The number of piperidine rings is 1. The number of fused-ring (bicyclic) bond motifs is 1. The van der Waals surface area contributed by atoms with E-state index in [1.165, 1.54) is 30.0 Å². The second-order valence-electron chi connectivity index (χ2n) is 7.37. The van der Waals surface area contributed by atoms with Crippen molar-refractivity contribution in [3.05, 3.63) is 0 Å². The van der Waals surface area contributed by atoms with Crippen LogP contribution in [0.1, 0.15) is 64.7 Å². The summed E-state index contributed by atoms with van der Waals surface area (Å²) < 4.78 is 26.4. The number of carbonyl (C=O) groups is 1. The summed E-state index contributed by atoms with van der Waals surface area (Å²) in [4.78, 5) is 15.2. The predicted octanol–water partition coefficient (Wildman–Crippen LogP) is 2.37. The quantitative estimate of drug-likeness (QED) is 0.788. The lowest BCUT2D eigenvalue weighted by molar-refractivity contribution is -0.141. The normalized spacial score (nSPS) is 32.7. The fourth-order valence-electron chi connectivity index (χ4n) is 4.78. The SMILES string of the molecule is CCCS(=O)(=O)N1CCC[C@@H]1C(=O)N1CCC[C@@H]2CCCC[C@H]21. The van der Waals surface area contributed by atoms with E-state index in [4.69, 9.17) is 0 Å². The highest BCUT2D eigenvalue weighted by Gasteiger charge is 2.43. The average molecular weight is 343 g/mol. The Morgan fingerprint density at radius 3 is 2.48 bits per heavy atom. The van der Waals surface area contributed by atoms with Crippen molar-refractivity contribution in [2.45, 2.75) is 76.8 Å². The van der Waals surface area contributed by atoms with Gasteiger partial charge in [-0.25, -0.2) is 8.42 Å². The average Bonchev–Trinajstić information content (AvgIpc) is 3.04. The second-order valence-corrected chi connectivity index (χ2v) is 9.41. The van der Waals surface area contributed by atoms with Gasteiger partial charge in [-0.3, -0.25) is 4.79 Å². The Labute approximate surface area is 140 Å². The topological polar surface area (TPSA) is 57.7 Å². The molecule has 0 bridgehead atoms. The third kappa shape index (κ3) is 3.43. The van der Waals surface area contributed by atoms with E-state index in [1.807, 2.05) is 6.92 Å². The summed E-state index contributed by atoms with van der Waals surface area (Å²) in [5, 5.41) is 0. The van der Waals surface area contributed by atoms with Crippen molar-refractivity contribution in [1.82, 2.24) is 9.21 Å². The predicted molar refractivity (Wildman–Crippen MR) is 90.5 cm³/mol. The molecule has 0 unspecified atom stereocenters. The van der Waals surface area contributed by atoms with Crippen molar-refractivity contribution in [3.8, 4) is 0 Å². The molecular weight excluding hydrogens is 312 g/mol. The van der Waals surface area contributed by atoms with E-state index in [-0.39, 0.29) is 11.7 Å². The van der Waals surface area contributed by atoms with Gasteiger partial charge in [0, 0.05) is 19.1 Å². The van der Waals surface area contributed by atoms with Gasteiger partial charge in [-0.15, -0.1) is 0 Å². The fraction of sp³-hybridized carbons (Fsp3) is 0.941. The molecule has 2 saturated heterocycles. The molecular formula is C17H30N2O3S. The summed E-state index contributed by atoms with van der Waals surface area (Å²) in [6, 6.07) is -0.0754. The lowest BCUT2D eigenvalue weighted by Gasteiger charge is -2.45. The summed E-state index contributed by atoms with van der Waals surface area (Å²) in [6.07, 6.45) is 9.22. The molecule has 3 rings (SSSR count). The zero-order valence-corrected chi connectivity index (χ0v) is 15.1. The maximum absolute atomic E-state index is 13.1. The molecule has 1 saturated carbocycles. The number of nitrogens with zero attached hydrogens (tertiary/aromatic N) is 2. The van der Waals surface area contributed by atoms with Crippen LogP contribution in [-0.2, 0) is 14.8 Å². The zero-order valence-electron chi connectivity index (χ0n) is 14.2. The lowest BCUT2D eigenvalue weighted by Crippen LogP contribution is -2.55. The summed E-state index contributed by atoms with van der Waals surface area (Å²) in [5.74, 6) is 0.880. The first-order valence-electron chi connectivity index (χ1n) is 9.34. The molecule has 1 aliphatic carbocycles. The van der Waals surface area contributed by atoms with Crippen molar-refractivity contribution in [1.29, 1.82) is 0 Å². The fourth-order valence-corrected chi connectivity index (χ4v) is 6.53. The number of likely N-dealkylation sites (tertiary alicyclic amines) is 1. The molecule has 0 aromatic rings. The largest absolute Gasteiger partial charge is 0.338 e. The standard InChI is InChI=1S/C17H30N2O3S/c1-2-13-23(21,22)19-12-6-10-16(19)17(20)18-11-5-8-14-7-3-4-9-15(14)18/h14-16H,2-13H2,1H3/t14-,15+,16+/m0/s1. The van der Waals surface area contributed by atoms with Gasteiger partial charge in [0.05, 0.1) is 5.75 Å². The first-order chi connectivity index (χ1) is 11.0. The van der Waals surface area contributed by atoms with Gasteiger partial charge in [0.15, 0.2) is 0 Å². The molecule has 0 aromatic carbocycles. The Morgan fingerprint density at radius 2 is 1.70 bits per heavy atom. The third-order valence-electron chi connectivity index (χ3n) is 5.83. The van der Waals surface area contributed by atoms with E-state index in [2.05, 4.69) is 4.90 Å². The van der Waals surface area contributed by atoms with Gasteiger partial charge < -0.3 is 4.90 Å². The second kappa shape index (κ2) is 7.09. The molecule has 6 heteroatoms. The van der Waals surface area contributed by atoms with Gasteiger partial charge in [0.2, 0.25) is 15.9 Å². The highest BCUT2D eigenvalue weighted by atomic mass is 32.2. The van der Waals surface area contributed by atoms with Gasteiger partial charge in [0.1, 0.15) is 6.04 Å².